The van der Waals surface area contributed by atoms with E-state index in [0.29, 0.717) is 17.2 Å². The number of carbonyl (C=O) groups is 1. The van der Waals surface area contributed by atoms with Gasteiger partial charge in [-0.15, -0.1) is 0 Å². The molecule has 0 aliphatic carbocycles. The van der Waals surface area contributed by atoms with Crippen molar-refractivity contribution in [3.63, 3.8) is 0 Å². The molecule has 1 aliphatic heterocycles. The molecule has 0 unspecified atom stereocenters. The van der Waals surface area contributed by atoms with Gasteiger partial charge >= 0.3 is 5.97 Å². The van der Waals surface area contributed by atoms with Crippen molar-refractivity contribution in [1.82, 2.24) is 10.2 Å². The third-order valence-corrected chi connectivity index (χ3v) is 5.05. The summed E-state index contributed by atoms with van der Waals surface area (Å²) in [7, 11) is 3.53. The molecule has 3 rings (SSSR count). The number of nitrogens with zero attached hydrogens (tertiary/aromatic N) is 2. The summed E-state index contributed by atoms with van der Waals surface area (Å²) in [6.07, 6.45) is 0. The number of rotatable bonds is 5. The lowest BCUT2D eigenvalue weighted by atomic mass is 10.2. The summed E-state index contributed by atoms with van der Waals surface area (Å²) in [6.45, 7) is 4.95. The molecule has 0 amide bonds. The Morgan fingerprint density at radius 3 is 2.50 bits per heavy atom. The van der Waals surface area contributed by atoms with E-state index in [4.69, 9.17) is 17.0 Å². The predicted octanol–water partition coefficient (Wildman–Crippen LogP) is 2.71. The third kappa shape index (κ3) is 5.43. The molecule has 28 heavy (non-hydrogen) atoms. The van der Waals surface area contributed by atoms with E-state index in [1.165, 1.54) is 12.8 Å². The van der Waals surface area contributed by atoms with Gasteiger partial charge in [0, 0.05) is 44.1 Å². The van der Waals surface area contributed by atoms with Gasteiger partial charge in [0.2, 0.25) is 0 Å². The number of hydrogen-bond donors (Lipinski definition) is 2. The summed E-state index contributed by atoms with van der Waals surface area (Å²) < 4.78 is 4.74. The first-order valence-electron chi connectivity index (χ1n) is 9.31. The first-order valence-corrected chi connectivity index (χ1v) is 9.71. The van der Waals surface area contributed by atoms with E-state index in [0.717, 1.165) is 37.4 Å². The predicted molar refractivity (Wildman–Crippen MR) is 117 cm³/mol. The van der Waals surface area contributed by atoms with Crippen molar-refractivity contribution < 1.29 is 9.53 Å². The molecule has 2 aromatic rings. The number of ether oxygens (including phenoxy) is 1. The first-order chi connectivity index (χ1) is 13.5. The van der Waals surface area contributed by atoms with Gasteiger partial charge < -0.3 is 25.2 Å². The highest BCUT2D eigenvalue weighted by Crippen LogP contribution is 2.17. The number of hydrogen-bond acceptors (Lipinski definition) is 5. The largest absolute Gasteiger partial charge is 0.465 e. The number of thiocarbonyl (C=S) groups is 1. The number of methoxy groups -OCH3 is 1. The Labute approximate surface area is 171 Å². The fourth-order valence-corrected chi connectivity index (χ4v) is 3.28. The van der Waals surface area contributed by atoms with E-state index >= 15 is 0 Å². The molecule has 0 bridgehead atoms. The van der Waals surface area contributed by atoms with E-state index < -0.39 is 0 Å². The van der Waals surface area contributed by atoms with Gasteiger partial charge in [0.15, 0.2) is 5.11 Å². The van der Waals surface area contributed by atoms with Gasteiger partial charge in [0.25, 0.3) is 0 Å². The molecule has 1 saturated heterocycles. The Kier molecular flexibility index (Phi) is 6.84. The molecule has 0 spiro atoms. The monoisotopic (exact) mass is 398 g/mol. The van der Waals surface area contributed by atoms with Crippen molar-refractivity contribution in [2.24, 2.45) is 0 Å². The summed E-state index contributed by atoms with van der Waals surface area (Å²) in [6, 6.07) is 15.6. The number of benzene rings is 2. The van der Waals surface area contributed by atoms with Crippen LogP contribution in [0.1, 0.15) is 15.9 Å². The maximum atomic E-state index is 11.6. The van der Waals surface area contributed by atoms with Gasteiger partial charge in [0.1, 0.15) is 0 Å². The smallest absolute Gasteiger partial charge is 0.337 e. The van der Waals surface area contributed by atoms with Crippen LogP contribution in [-0.4, -0.2) is 56.3 Å². The summed E-state index contributed by atoms with van der Waals surface area (Å²) in [5.41, 5.74) is 3.64. The van der Waals surface area contributed by atoms with Crippen LogP contribution in [0.3, 0.4) is 0 Å². The SMILES string of the molecule is COC(=O)c1cccc(NC(=S)NCc2ccc(N3CCN(C)CC3)cc2)c1. The molecule has 7 heteroatoms. The van der Waals surface area contributed by atoms with Crippen LogP contribution in [0.25, 0.3) is 0 Å². The molecule has 1 fully saturated rings. The number of carbonyl (C=O) groups excluding carboxylic acids is 1. The fraction of sp³-hybridized carbons (Fsp3) is 0.333. The minimum atomic E-state index is -0.372. The molecule has 2 aromatic carbocycles. The van der Waals surface area contributed by atoms with E-state index in [1.807, 2.05) is 6.07 Å². The second-order valence-corrected chi connectivity index (χ2v) is 7.25. The molecule has 1 aliphatic rings. The summed E-state index contributed by atoms with van der Waals surface area (Å²) in [5, 5.41) is 6.80. The maximum Gasteiger partial charge on any atom is 0.337 e. The Morgan fingerprint density at radius 1 is 1.11 bits per heavy atom. The number of esters is 1. The molecule has 148 valence electrons. The highest BCUT2D eigenvalue weighted by Gasteiger charge is 2.14. The van der Waals surface area contributed by atoms with E-state index in [-0.39, 0.29) is 5.97 Å². The van der Waals surface area contributed by atoms with Crippen molar-refractivity contribution in [2.45, 2.75) is 6.54 Å². The number of piperazine rings is 1. The van der Waals surface area contributed by atoms with Crippen molar-refractivity contribution in [1.29, 1.82) is 0 Å². The zero-order valence-electron chi connectivity index (χ0n) is 16.3. The molecule has 0 radical (unpaired) electrons. The molecule has 0 atom stereocenters. The second kappa shape index (κ2) is 9.52. The summed E-state index contributed by atoms with van der Waals surface area (Å²) in [5.74, 6) is -0.372. The zero-order valence-corrected chi connectivity index (χ0v) is 17.1. The van der Waals surface area contributed by atoms with Gasteiger partial charge in [-0.25, -0.2) is 4.79 Å². The number of nitrogens with one attached hydrogen (secondary N) is 2. The normalized spacial score (nSPS) is 14.4. The van der Waals surface area contributed by atoms with Gasteiger partial charge in [-0.05, 0) is 55.2 Å². The molecule has 6 nitrogen and oxygen atoms in total. The minimum absolute atomic E-state index is 0.372. The number of likely N-dealkylation sites (N-methyl/N-ethyl adjacent to an activating group) is 1. The van der Waals surface area contributed by atoms with Gasteiger partial charge in [-0.2, -0.15) is 0 Å². The molecule has 2 N–H and O–H groups in total. The molecule has 0 saturated carbocycles. The highest BCUT2D eigenvalue weighted by atomic mass is 32.1. The lowest BCUT2D eigenvalue weighted by molar-refractivity contribution is 0.0601. The van der Waals surface area contributed by atoms with Crippen molar-refractivity contribution in [2.75, 3.05) is 50.6 Å². The van der Waals surface area contributed by atoms with Crippen LogP contribution in [-0.2, 0) is 11.3 Å². The van der Waals surface area contributed by atoms with Crippen LogP contribution < -0.4 is 15.5 Å². The molecule has 1 heterocycles. The Balaban J connectivity index is 1.50. The number of anilines is 2. The van der Waals surface area contributed by atoms with Crippen LogP contribution in [0, 0.1) is 0 Å². The average molecular weight is 399 g/mol. The zero-order chi connectivity index (χ0) is 19.9. The minimum Gasteiger partial charge on any atom is -0.465 e. The Hall–Kier alpha value is -2.64. The van der Waals surface area contributed by atoms with Gasteiger partial charge in [-0.1, -0.05) is 18.2 Å². The molecule has 0 aromatic heterocycles. The van der Waals surface area contributed by atoms with E-state index in [9.17, 15) is 4.79 Å². The quantitative estimate of drug-likeness (QED) is 0.593. The van der Waals surface area contributed by atoms with Crippen molar-refractivity contribution >= 4 is 34.7 Å². The van der Waals surface area contributed by atoms with Crippen LogP contribution in [0.15, 0.2) is 48.5 Å². The van der Waals surface area contributed by atoms with Crippen molar-refractivity contribution in [3.8, 4) is 0 Å². The Morgan fingerprint density at radius 2 is 1.82 bits per heavy atom. The van der Waals surface area contributed by atoms with Crippen molar-refractivity contribution in [3.05, 3.63) is 59.7 Å². The van der Waals surface area contributed by atoms with Crippen LogP contribution in [0.4, 0.5) is 11.4 Å². The standard InChI is InChI=1S/C21H26N4O2S/c1-24-10-12-25(13-11-24)19-8-6-16(7-9-19)15-22-21(28)23-18-5-3-4-17(14-18)20(26)27-2/h3-9,14H,10-13,15H2,1-2H3,(H2,22,23,28). The Bertz CT molecular complexity index is 817. The summed E-state index contributed by atoms with van der Waals surface area (Å²) >= 11 is 5.36. The average Bonchev–Trinajstić information content (AvgIpc) is 2.73. The van der Waals surface area contributed by atoms with E-state index in [2.05, 4.69) is 51.7 Å². The maximum absolute atomic E-state index is 11.6. The summed E-state index contributed by atoms with van der Waals surface area (Å²) in [4.78, 5) is 16.4. The first kappa shape index (κ1) is 20.1. The van der Waals surface area contributed by atoms with Gasteiger partial charge in [0.05, 0.1) is 12.7 Å². The second-order valence-electron chi connectivity index (χ2n) is 6.84. The topological polar surface area (TPSA) is 56.8 Å². The molecular formula is C21H26N4O2S. The van der Waals surface area contributed by atoms with Crippen LogP contribution >= 0.6 is 12.2 Å². The lowest BCUT2D eigenvalue weighted by Crippen LogP contribution is -2.44. The molecular weight excluding hydrogens is 372 g/mol. The third-order valence-electron chi connectivity index (χ3n) is 4.80. The fourth-order valence-electron chi connectivity index (χ4n) is 3.09. The van der Waals surface area contributed by atoms with Gasteiger partial charge in [-0.3, -0.25) is 0 Å². The van der Waals surface area contributed by atoms with Crippen LogP contribution in [0.5, 0.6) is 0 Å². The van der Waals surface area contributed by atoms with Crippen LogP contribution in [0.2, 0.25) is 0 Å². The lowest BCUT2D eigenvalue weighted by Gasteiger charge is -2.34. The van der Waals surface area contributed by atoms with E-state index in [1.54, 1.807) is 18.2 Å². The highest BCUT2D eigenvalue weighted by molar-refractivity contribution is 7.80.